The molecule has 0 radical (unpaired) electrons. The lowest BCUT2D eigenvalue weighted by atomic mass is 10.1. The van der Waals surface area contributed by atoms with E-state index in [2.05, 4.69) is 4.74 Å². The molecule has 1 aromatic carbocycles. The van der Waals surface area contributed by atoms with Gasteiger partial charge in [0.2, 0.25) is 0 Å². The molecule has 0 aromatic heterocycles. The fraction of sp³-hybridized carbons (Fsp3) is 0.333. The Balaban J connectivity index is 3.13. The van der Waals surface area contributed by atoms with Gasteiger partial charge in [-0.1, -0.05) is 18.2 Å². The van der Waals surface area contributed by atoms with Crippen LogP contribution in [0.3, 0.4) is 0 Å². The predicted octanol–water partition coefficient (Wildman–Crippen LogP) is 2.65. The van der Waals surface area contributed by atoms with E-state index in [0.717, 1.165) is 13.0 Å². The molecule has 0 saturated heterocycles. The van der Waals surface area contributed by atoms with Gasteiger partial charge in [-0.15, -0.1) is 3.89 Å². The van der Waals surface area contributed by atoms with Gasteiger partial charge in [-0.05, 0) is 13.0 Å². The van der Waals surface area contributed by atoms with Gasteiger partial charge in [-0.25, -0.2) is 0 Å². The van der Waals surface area contributed by atoms with Crippen LogP contribution in [0.5, 0.6) is 5.75 Å². The molecule has 0 N–H and O–H groups in total. The largest absolute Gasteiger partial charge is 0.434 e. The Labute approximate surface area is 91.1 Å². The van der Waals surface area contributed by atoms with Gasteiger partial charge in [0.25, 0.3) is 0 Å². The monoisotopic (exact) mass is 254 g/mol. The first-order valence-electron chi connectivity index (χ1n) is 4.29. The van der Waals surface area contributed by atoms with Gasteiger partial charge in [0, 0.05) is 5.56 Å². The molecule has 0 aliphatic rings. The maximum Gasteiger partial charge on any atom is 0.387 e. The standard InChI is InChI=1S/C9H9F3O3S/c1-6(16(12,13)14)7-4-2-3-5-8(7)15-9(10)11/h2-6,9H,1H3. The van der Waals surface area contributed by atoms with Crippen molar-refractivity contribution < 1.29 is 25.8 Å². The number of benzene rings is 1. The molecule has 16 heavy (non-hydrogen) atoms. The van der Waals surface area contributed by atoms with E-state index in [1.807, 2.05) is 0 Å². The predicted molar refractivity (Wildman–Crippen MR) is 51.5 cm³/mol. The van der Waals surface area contributed by atoms with Crippen LogP contribution in [0.4, 0.5) is 12.7 Å². The van der Waals surface area contributed by atoms with E-state index in [4.69, 9.17) is 0 Å². The molecule has 0 amide bonds. The first kappa shape index (κ1) is 12.8. The highest BCUT2D eigenvalue weighted by Gasteiger charge is 2.25. The maximum atomic E-state index is 12.7. The number of hydrogen-bond acceptors (Lipinski definition) is 3. The summed E-state index contributed by atoms with van der Waals surface area (Å²) in [6.07, 6.45) is 0. The van der Waals surface area contributed by atoms with Crippen LogP contribution in [-0.2, 0) is 10.2 Å². The minimum absolute atomic E-state index is 0.134. The maximum absolute atomic E-state index is 12.7. The number of ether oxygens (including phenoxy) is 1. The molecule has 0 aliphatic heterocycles. The second kappa shape index (κ2) is 4.73. The second-order valence-electron chi connectivity index (χ2n) is 3.03. The van der Waals surface area contributed by atoms with Crippen molar-refractivity contribution in [3.8, 4) is 5.75 Å². The van der Waals surface area contributed by atoms with Crippen LogP contribution in [0.25, 0.3) is 0 Å². The highest BCUT2D eigenvalue weighted by atomic mass is 32.3. The molecule has 0 bridgehead atoms. The number of rotatable bonds is 4. The topological polar surface area (TPSA) is 43.4 Å². The molecule has 90 valence electrons. The van der Waals surface area contributed by atoms with Crippen LogP contribution in [0.1, 0.15) is 17.7 Å². The van der Waals surface area contributed by atoms with Crippen molar-refractivity contribution in [3.63, 3.8) is 0 Å². The summed E-state index contributed by atoms with van der Waals surface area (Å²) in [5.41, 5.74) is -0.134. The lowest BCUT2D eigenvalue weighted by Gasteiger charge is -2.13. The van der Waals surface area contributed by atoms with Gasteiger partial charge in [0.05, 0.1) is 0 Å². The van der Waals surface area contributed by atoms with E-state index in [-0.39, 0.29) is 11.3 Å². The normalized spacial score (nSPS) is 13.8. The van der Waals surface area contributed by atoms with E-state index in [1.165, 1.54) is 18.2 Å². The first-order chi connectivity index (χ1) is 7.32. The Bertz CT molecular complexity index is 459. The van der Waals surface area contributed by atoms with Gasteiger partial charge in [-0.3, -0.25) is 0 Å². The van der Waals surface area contributed by atoms with Crippen LogP contribution in [0.15, 0.2) is 24.3 Å². The zero-order valence-electron chi connectivity index (χ0n) is 8.23. The minimum atomic E-state index is -4.84. The van der Waals surface area contributed by atoms with Crippen LogP contribution in [0.2, 0.25) is 0 Å². The summed E-state index contributed by atoms with van der Waals surface area (Å²) in [5.74, 6) is -0.341. The van der Waals surface area contributed by atoms with Crippen molar-refractivity contribution in [3.05, 3.63) is 29.8 Å². The quantitative estimate of drug-likeness (QED) is 0.776. The minimum Gasteiger partial charge on any atom is -0.434 e. The molecule has 0 heterocycles. The first-order valence-corrected chi connectivity index (χ1v) is 5.74. The Morgan fingerprint density at radius 2 is 1.81 bits per heavy atom. The van der Waals surface area contributed by atoms with Crippen molar-refractivity contribution in [2.45, 2.75) is 18.8 Å². The van der Waals surface area contributed by atoms with E-state index in [1.54, 1.807) is 0 Å². The van der Waals surface area contributed by atoms with Crippen molar-refractivity contribution in [1.29, 1.82) is 0 Å². The third-order valence-electron chi connectivity index (χ3n) is 2.00. The van der Waals surface area contributed by atoms with Gasteiger partial charge >= 0.3 is 16.8 Å². The smallest absolute Gasteiger partial charge is 0.387 e. The fourth-order valence-electron chi connectivity index (χ4n) is 1.17. The third kappa shape index (κ3) is 3.13. The van der Waals surface area contributed by atoms with Crippen LogP contribution in [-0.4, -0.2) is 15.0 Å². The highest BCUT2D eigenvalue weighted by Crippen LogP contribution is 2.31. The van der Waals surface area contributed by atoms with Crippen molar-refractivity contribution in [1.82, 2.24) is 0 Å². The molecule has 1 aromatic rings. The molecule has 1 atom stereocenters. The lowest BCUT2D eigenvalue weighted by molar-refractivity contribution is -0.0504. The van der Waals surface area contributed by atoms with Gasteiger partial charge in [0.15, 0.2) is 0 Å². The number of hydrogen-bond donors (Lipinski definition) is 0. The number of alkyl halides is 2. The Morgan fingerprint density at radius 3 is 2.31 bits per heavy atom. The SMILES string of the molecule is CC(c1ccccc1OC(F)F)S(=O)(=O)F. The van der Waals surface area contributed by atoms with Crippen LogP contribution >= 0.6 is 0 Å². The summed E-state index contributed by atoms with van der Waals surface area (Å²) in [7, 11) is -4.84. The summed E-state index contributed by atoms with van der Waals surface area (Å²) in [4.78, 5) is 0. The summed E-state index contributed by atoms with van der Waals surface area (Å²) in [5, 5.41) is -1.54. The number of para-hydroxylation sites is 1. The van der Waals surface area contributed by atoms with Crippen LogP contribution in [0, 0.1) is 0 Å². The second-order valence-corrected chi connectivity index (χ2v) is 4.69. The van der Waals surface area contributed by atoms with Gasteiger partial charge in [-0.2, -0.15) is 17.2 Å². The van der Waals surface area contributed by atoms with E-state index in [9.17, 15) is 21.1 Å². The van der Waals surface area contributed by atoms with E-state index >= 15 is 0 Å². The van der Waals surface area contributed by atoms with Crippen molar-refractivity contribution >= 4 is 10.2 Å². The van der Waals surface area contributed by atoms with Crippen molar-refractivity contribution in [2.24, 2.45) is 0 Å². The summed E-state index contributed by atoms with van der Waals surface area (Å²) in [6.45, 7) is -2.03. The van der Waals surface area contributed by atoms with Crippen LogP contribution < -0.4 is 4.74 Å². The average molecular weight is 254 g/mol. The molecule has 0 aliphatic carbocycles. The Morgan fingerprint density at radius 1 is 1.25 bits per heavy atom. The molecule has 0 saturated carbocycles. The van der Waals surface area contributed by atoms with Crippen molar-refractivity contribution in [2.75, 3.05) is 0 Å². The Hall–Kier alpha value is -1.24. The van der Waals surface area contributed by atoms with Gasteiger partial charge < -0.3 is 4.74 Å². The zero-order valence-corrected chi connectivity index (χ0v) is 9.05. The molecule has 1 unspecified atom stereocenters. The highest BCUT2D eigenvalue weighted by molar-refractivity contribution is 7.86. The Kier molecular flexibility index (Phi) is 3.79. The molecule has 7 heteroatoms. The molecular formula is C9H9F3O3S. The summed E-state index contributed by atoms with van der Waals surface area (Å²) in [6, 6.07) is 5.18. The lowest BCUT2D eigenvalue weighted by Crippen LogP contribution is -2.09. The van der Waals surface area contributed by atoms with E-state index < -0.39 is 22.1 Å². The molecule has 1 rings (SSSR count). The van der Waals surface area contributed by atoms with E-state index in [0.29, 0.717) is 0 Å². The molecule has 0 spiro atoms. The summed E-state index contributed by atoms with van der Waals surface area (Å²) >= 11 is 0. The molecular weight excluding hydrogens is 245 g/mol. The third-order valence-corrected chi connectivity index (χ3v) is 3.09. The van der Waals surface area contributed by atoms with Gasteiger partial charge in [0.1, 0.15) is 11.0 Å². The molecule has 0 fully saturated rings. The average Bonchev–Trinajstić information content (AvgIpc) is 2.15. The molecule has 3 nitrogen and oxygen atoms in total. The number of halogens is 3. The summed E-state index contributed by atoms with van der Waals surface area (Å²) < 4.78 is 62.1. The fourth-order valence-corrected chi connectivity index (χ4v) is 1.67. The zero-order chi connectivity index (χ0) is 12.3.